The van der Waals surface area contributed by atoms with Crippen LogP contribution < -0.4 is 5.32 Å². The second kappa shape index (κ2) is 6.70. The van der Waals surface area contributed by atoms with Crippen LogP contribution in [0, 0.1) is 6.92 Å². The molecule has 0 bridgehead atoms. The van der Waals surface area contributed by atoms with Gasteiger partial charge in [0.2, 0.25) is 5.91 Å². The number of fused-ring (bicyclic) bond motifs is 1. The zero-order valence-corrected chi connectivity index (χ0v) is 14.2. The number of aromatic nitrogens is 3. The molecule has 3 aromatic rings. The number of rotatable bonds is 5. The lowest BCUT2D eigenvalue weighted by molar-refractivity contribution is -0.128. The SMILES string of the molecule is Cc1cccc(-c2nc3cnccn3c2NCCC(=O)N(C)C)c1. The molecular weight excluding hydrogens is 302 g/mol. The molecule has 6 heteroatoms. The van der Waals surface area contributed by atoms with Crippen LogP contribution in [0.5, 0.6) is 0 Å². The Morgan fingerprint density at radius 2 is 2.17 bits per heavy atom. The maximum absolute atomic E-state index is 11.8. The van der Waals surface area contributed by atoms with Crippen molar-refractivity contribution in [2.45, 2.75) is 13.3 Å². The highest BCUT2D eigenvalue weighted by atomic mass is 16.2. The van der Waals surface area contributed by atoms with Gasteiger partial charge in [0.05, 0.1) is 6.20 Å². The van der Waals surface area contributed by atoms with Crippen LogP contribution in [0.15, 0.2) is 42.9 Å². The van der Waals surface area contributed by atoms with Gasteiger partial charge in [-0.3, -0.25) is 14.2 Å². The van der Waals surface area contributed by atoms with Gasteiger partial charge in [0.1, 0.15) is 11.5 Å². The second-order valence-corrected chi connectivity index (χ2v) is 5.95. The Kier molecular flexibility index (Phi) is 4.46. The van der Waals surface area contributed by atoms with E-state index in [1.165, 1.54) is 5.56 Å². The number of aryl methyl sites for hydroxylation is 1. The van der Waals surface area contributed by atoms with Gasteiger partial charge >= 0.3 is 0 Å². The number of imidazole rings is 1. The Balaban J connectivity index is 1.95. The van der Waals surface area contributed by atoms with E-state index in [9.17, 15) is 4.79 Å². The molecule has 1 N–H and O–H groups in total. The number of anilines is 1. The normalized spacial score (nSPS) is 10.8. The van der Waals surface area contributed by atoms with Gasteiger partial charge in [0, 0.05) is 45.0 Å². The lowest BCUT2D eigenvalue weighted by atomic mass is 10.1. The molecule has 0 fully saturated rings. The first-order valence-corrected chi connectivity index (χ1v) is 7.89. The molecule has 0 spiro atoms. The molecule has 124 valence electrons. The molecule has 0 aliphatic rings. The van der Waals surface area contributed by atoms with Crippen molar-refractivity contribution in [2.24, 2.45) is 0 Å². The van der Waals surface area contributed by atoms with Crippen LogP contribution >= 0.6 is 0 Å². The van der Waals surface area contributed by atoms with Crippen LogP contribution in [0.2, 0.25) is 0 Å². The van der Waals surface area contributed by atoms with Gasteiger partial charge in [-0.25, -0.2) is 4.98 Å². The zero-order valence-electron chi connectivity index (χ0n) is 14.2. The van der Waals surface area contributed by atoms with Gasteiger partial charge < -0.3 is 10.2 Å². The van der Waals surface area contributed by atoms with E-state index in [2.05, 4.69) is 29.4 Å². The van der Waals surface area contributed by atoms with E-state index >= 15 is 0 Å². The first kappa shape index (κ1) is 16.0. The maximum Gasteiger partial charge on any atom is 0.223 e. The molecule has 0 atom stereocenters. The van der Waals surface area contributed by atoms with Gasteiger partial charge in [0.15, 0.2) is 5.65 Å². The molecule has 0 aliphatic heterocycles. The van der Waals surface area contributed by atoms with Crippen LogP contribution in [0.25, 0.3) is 16.9 Å². The predicted octanol–water partition coefficient (Wildman–Crippen LogP) is 2.59. The molecular formula is C18H21N5O. The molecule has 0 saturated heterocycles. The van der Waals surface area contributed by atoms with Gasteiger partial charge in [-0.2, -0.15) is 0 Å². The highest BCUT2D eigenvalue weighted by molar-refractivity contribution is 5.78. The third-order valence-corrected chi connectivity index (χ3v) is 3.85. The summed E-state index contributed by atoms with van der Waals surface area (Å²) in [5, 5.41) is 3.37. The van der Waals surface area contributed by atoms with E-state index in [4.69, 9.17) is 4.98 Å². The standard InChI is InChI=1S/C18H21N5O/c1-13-5-4-6-14(11-13)17-18(20-8-7-16(24)22(2)3)23-10-9-19-12-15(23)21-17/h4-6,9-12,20H,7-8H2,1-3H3. The summed E-state index contributed by atoms with van der Waals surface area (Å²) in [4.78, 5) is 22.2. The Bertz CT molecular complexity index is 869. The summed E-state index contributed by atoms with van der Waals surface area (Å²) < 4.78 is 1.96. The van der Waals surface area contributed by atoms with Crippen LogP contribution in [0.3, 0.4) is 0 Å². The summed E-state index contributed by atoms with van der Waals surface area (Å²) in [5.74, 6) is 0.972. The number of amides is 1. The van der Waals surface area contributed by atoms with Crippen molar-refractivity contribution in [3.8, 4) is 11.3 Å². The van der Waals surface area contributed by atoms with Crippen molar-refractivity contribution in [1.82, 2.24) is 19.3 Å². The quantitative estimate of drug-likeness (QED) is 0.784. The van der Waals surface area contributed by atoms with Crippen LogP contribution in [-0.2, 0) is 4.79 Å². The number of hydrogen-bond donors (Lipinski definition) is 1. The minimum atomic E-state index is 0.0927. The second-order valence-electron chi connectivity index (χ2n) is 5.95. The van der Waals surface area contributed by atoms with Gasteiger partial charge in [0.25, 0.3) is 0 Å². The maximum atomic E-state index is 11.8. The minimum Gasteiger partial charge on any atom is -0.369 e. The third-order valence-electron chi connectivity index (χ3n) is 3.85. The number of nitrogens with one attached hydrogen (secondary N) is 1. The largest absolute Gasteiger partial charge is 0.369 e. The summed E-state index contributed by atoms with van der Waals surface area (Å²) >= 11 is 0. The van der Waals surface area contributed by atoms with Crippen LogP contribution in [-0.4, -0.2) is 45.8 Å². The summed E-state index contributed by atoms with van der Waals surface area (Å²) in [6.07, 6.45) is 5.76. The zero-order chi connectivity index (χ0) is 17.1. The number of carbonyl (C=O) groups is 1. The first-order chi connectivity index (χ1) is 11.6. The molecule has 0 saturated carbocycles. The Morgan fingerprint density at radius 3 is 2.92 bits per heavy atom. The van der Waals surface area contributed by atoms with E-state index in [1.807, 2.05) is 22.7 Å². The summed E-state index contributed by atoms with van der Waals surface area (Å²) in [6.45, 7) is 2.61. The molecule has 0 unspecified atom stereocenters. The monoisotopic (exact) mass is 323 g/mol. The fourth-order valence-corrected chi connectivity index (χ4v) is 2.58. The third kappa shape index (κ3) is 3.22. The number of carbonyl (C=O) groups excluding carboxylic acids is 1. The first-order valence-electron chi connectivity index (χ1n) is 7.89. The van der Waals surface area contributed by atoms with Gasteiger partial charge in [-0.05, 0) is 13.0 Å². The summed E-state index contributed by atoms with van der Waals surface area (Å²) in [6, 6.07) is 8.22. The predicted molar refractivity (Wildman–Crippen MR) is 95.0 cm³/mol. The molecule has 6 nitrogen and oxygen atoms in total. The van der Waals surface area contributed by atoms with Crippen LogP contribution in [0.1, 0.15) is 12.0 Å². The number of hydrogen-bond acceptors (Lipinski definition) is 4. The van der Waals surface area contributed by atoms with Gasteiger partial charge in [-0.15, -0.1) is 0 Å². The van der Waals surface area contributed by atoms with E-state index in [0.29, 0.717) is 13.0 Å². The van der Waals surface area contributed by atoms with Crippen molar-refractivity contribution in [3.63, 3.8) is 0 Å². The summed E-state index contributed by atoms with van der Waals surface area (Å²) in [5.41, 5.74) is 3.86. The Labute approximate surface area is 141 Å². The van der Waals surface area contributed by atoms with Crippen molar-refractivity contribution >= 4 is 17.4 Å². The average Bonchev–Trinajstić information content (AvgIpc) is 2.93. The topological polar surface area (TPSA) is 62.5 Å². The van der Waals surface area contributed by atoms with E-state index < -0.39 is 0 Å². The molecule has 2 heterocycles. The molecule has 1 amide bonds. The fourth-order valence-electron chi connectivity index (χ4n) is 2.58. The van der Waals surface area contributed by atoms with E-state index in [-0.39, 0.29) is 5.91 Å². The highest BCUT2D eigenvalue weighted by Gasteiger charge is 2.14. The number of benzene rings is 1. The molecule has 1 aromatic carbocycles. The molecule has 0 aliphatic carbocycles. The molecule has 0 radical (unpaired) electrons. The lowest BCUT2D eigenvalue weighted by Gasteiger charge is -2.12. The minimum absolute atomic E-state index is 0.0927. The molecule has 24 heavy (non-hydrogen) atoms. The smallest absolute Gasteiger partial charge is 0.223 e. The highest BCUT2D eigenvalue weighted by Crippen LogP contribution is 2.28. The fraction of sp³-hybridized carbons (Fsp3) is 0.278. The lowest BCUT2D eigenvalue weighted by Crippen LogP contribution is -2.24. The van der Waals surface area contributed by atoms with Crippen molar-refractivity contribution < 1.29 is 4.79 Å². The summed E-state index contributed by atoms with van der Waals surface area (Å²) in [7, 11) is 3.53. The Hall–Kier alpha value is -2.89. The van der Waals surface area contributed by atoms with Crippen molar-refractivity contribution in [3.05, 3.63) is 48.4 Å². The van der Waals surface area contributed by atoms with Crippen LogP contribution in [0.4, 0.5) is 5.82 Å². The van der Waals surface area contributed by atoms with Gasteiger partial charge in [-0.1, -0.05) is 23.8 Å². The van der Waals surface area contributed by atoms with E-state index in [1.54, 1.807) is 31.4 Å². The van der Waals surface area contributed by atoms with Crippen molar-refractivity contribution in [2.75, 3.05) is 26.0 Å². The van der Waals surface area contributed by atoms with E-state index in [0.717, 1.165) is 22.7 Å². The Morgan fingerprint density at radius 1 is 1.33 bits per heavy atom. The average molecular weight is 323 g/mol. The molecule has 3 rings (SSSR count). The molecule has 2 aromatic heterocycles. The number of nitrogens with zero attached hydrogens (tertiary/aromatic N) is 4. The van der Waals surface area contributed by atoms with Crippen molar-refractivity contribution in [1.29, 1.82) is 0 Å².